The van der Waals surface area contributed by atoms with Gasteiger partial charge in [0.15, 0.2) is 0 Å². The molecule has 0 spiro atoms. The molecule has 1 amide bonds. The van der Waals surface area contributed by atoms with Crippen LogP contribution in [0.15, 0.2) is 46.0 Å². The molecule has 2 aliphatic heterocycles. The number of thiophene rings is 1. The maximum Gasteiger partial charge on any atom is 0.265 e. The van der Waals surface area contributed by atoms with Crippen LogP contribution in [0, 0.1) is 0 Å². The van der Waals surface area contributed by atoms with Crippen LogP contribution in [-0.2, 0) is 19.9 Å². The Morgan fingerprint density at radius 3 is 2.81 bits per heavy atom. The van der Waals surface area contributed by atoms with Gasteiger partial charge in [-0.3, -0.25) is 4.79 Å². The molecule has 142 valence electrons. The van der Waals surface area contributed by atoms with E-state index in [1.165, 1.54) is 11.3 Å². The van der Waals surface area contributed by atoms with Crippen molar-refractivity contribution in [1.29, 1.82) is 0 Å². The van der Waals surface area contributed by atoms with Crippen molar-refractivity contribution >= 4 is 50.5 Å². The van der Waals surface area contributed by atoms with Crippen LogP contribution in [0.1, 0.15) is 29.7 Å². The molecule has 0 aliphatic carbocycles. The van der Waals surface area contributed by atoms with Crippen LogP contribution in [-0.4, -0.2) is 30.9 Å². The molecule has 3 heterocycles. The molecule has 1 N–H and O–H groups in total. The van der Waals surface area contributed by atoms with Gasteiger partial charge in [-0.2, -0.15) is 0 Å². The van der Waals surface area contributed by atoms with Gasteiger partial charge in [0.1, 0.15) is 5.71 Å². The molecule has 1 unspecified atom stereocenters. The van der Waals surface area contributed by atoms with Crippen molar-refractivity contribution in [2.45, 2.75) is 30.9 Å². The Hall–Kier alpha value is -1.41. The Bertz CT molecular complexity index is 879. The number of nitrogens with zero attached hydrogens (tertiary/aromatic N) is 1. The van der Waals surface area contributed by atoms with E-state index in [9.17, 15) is 4.79 Å². The van der Waals surface area contributed by atoms with E-state index in [4.69, 9.17) is 21.2 Å². The van der Waals surface area contributed by atoms with Crippen LogP contribution in [0.2, 0.25) is 4.34 Å². The van der Waals surface area contributed by atoms with E-state index >= 15 is 0 Å². The normalized spacial score (nSPS) is 21.4. The average molecular weight is 470 g/mol. The molecule has 0 radical (unpaired) electrons. The largest absolute Gasteiger partial charge is 0.382 e. The highest BCUT2D eigenvalue weighted by Gasteiger charge is 2.39. The molecule has 1 atom stereocenters. The number of hydrogen-bond acceptors (Lipinski definition) is 5. The predicted molar refractivity (Wildman–Crippen MR) is 109 cm³/mol. The van der Waals surface area contributed by atoms with Crippen LogP contribution in [0.5, 0.6) is 0 Å². The molecular weight excluding hydrogens is 452 g/mol. The molecule has 1 aromatic heterocycles. The minimum atomic E-state index is -0.632. The monoisotopic (exact) mass is 468 g/mol. The Balaban J connectivity index is 1.50. The van der Waals surface area contributed by atoms with Crippen LogP contribution in [0.4, 0.5) is 0 Å². The van der Waals surface area contributed by atoms with Gasteiger partial charge in [-0.05, 0) is 42.7 Å². The quantitative estimate of drug-likeness (QED) is 0.718. The first-order valence-corrected chi connectivity index (χ1v) is 10.7. The molecule has 1 aromatic carbocycles. The summed E-state index contributed by atoms with van der Waals surface area (Å²) in [6.07, 6.45) is 1.24. The van der Waals surface area contributed by atoms with E-state index < -0.39 is 11.6 Å². The molecule has 2 aromatic rings. The first-order chi connectivity index (χ1) is 13.1. The summed E-state index contributed by atoms with van der Waals surface area (Å²) in [5, 5.41) is 7.33. The second kappa shape index (κ2) is 7.91. The molecule has 27 heavy (non-hydrogen) atoms. The zero-order valence-corrected chi connectivity index (χ0v) is 17.6. The van der Waals surface area contributed by atoms with E-state index in [-0.39, 0.29) is 5.91 Å². The van der Waals surface area contributed by atoms with E-state index in [1.807, 2.05) is 30.3 Å². The number of hydrogen-bond donors (Lipinski definition) is 1. The van der Waals surface area contributed by atoms with Crippen LogP contribution in [0.25, 0.3) is 0 Å². The number of carbonyl (C=O) groups is 1. The number of oxime groups is 1. The molecule has 0 saturated carbocycles. The number of halogens is 2. The second-order valence-corrected chi connectivity index (χ2v) is 9.26. The lowest BCUT2D eigenvalue weighted by Crippen LogP contribution is -2.52. The third-order valence-corrected chi connectivity index (χ3v) is 6.68. The minimum Gasteiger partial charge on any atom is -0.382 e. The summed E-state index contributed by atoms with van der Waals surface area (Å²) in [6, 6.07) is 11.8. The summed E-state index contributed by atoms with van der Waals surface area (Å²) in [5.74, 6) is -0.154. The maximum absolute atomic E-state index is 13.0. The summed E-state index contributed by atoms with van der Waals surface area (Å²) in [5.41, 5.74) is 1.37. The highest BCUT2D eigenvalue weighted by Crippen LogP contribution is 2.34. The van der Waals surface area contributed by atoms with Crippen molar-refractivity contribution in [3.8, 4) is 0 Å². The number of nitrogens with one attached hydrogen (secondary N) is 1. The first-order valence-electron chi connectivity index (χ1n) is 8.70. The fourth-order valence-electron chi connectivity index (χ4n) is 3.44. The smallest absolute Gasteiger partial charge is 0.265 e. The standard InChI is InChI=1S/C19H18BrClN2O3S/c20-13-3-1-2-12(10-13)19(6-8-25-9-7-19)22-18(24)15-11-14(23-26-15)16-4-5-17(21)27-16/h1-5,10,15H,6-9,11H2,(H,22,24). The van der Waals surface area contributed by atoms with Crippen molar-refractivity contribution in [3.05, 3.63) is 55.6 Å². The number of benzene rings is 1. The molecule has 1 saturated heterocycles. The molecule has 2 aliphatic rings. The fourth-order valence-corrected chi connectivity index (χ4v) is 4.87. The van der Waals surface area contributed by atoms with Crippen molar-refractivity contribution in [2.75, 3.05) is 13.2 Å². The highest BCUT2D eigenvalue weighted by atomic mass is 79.9. The zero-order chi connectivity index (χ0) is 18.9. The van der Waals surface area contributed by atoms with E-state index in [2.05, 4.69) is 32.5 Å². The van der Waals surface area contributed by atoms with Gasteiger partial charge in [0.25, 0.3) is 5.91 Å². The molecule has 0 bridgehead atoms. The van der Waals surface area contributed by atoms with Gasteiger partial charge in [-0.1, -0.05) is 44.8 Å². The zero-order valence-electron chi connectivity index (χ0n) is 14.4. The van der Waals surface area contributed by atoms with Crippen molar-refractivity contribution in [3.63, 3.8) is 0 Å². The maximum atomic E-state index is 13.0. The van der Waals surface area contributed by atoms with Gasteiger partial charge in [0, 0.05) is 24.1 Å². The lowest BCUT2D eigenvalue weighted by Gasteiger charge is -2.39. The average Bonchev–Trinajstić information content (AvgIpc) is 3.31. The predicted octanol–water partition coefficient (Wildman–Crippen LogP) is 4.48. The van der Waals surface area contributed by atoms with Gasteiger partial charge in [0.05, 0.1) is 14.8 Å². The van der Waals surface area contributed by atoms with E-state index in [1.54, 1.807) is 0 Å². The molecule has 5 nitrogen and oxygen atoms in total. The molecular formula is C19H18BrClN2O3S. The Morgan fingerprint density at radius 2 is 2.11 bits per heavy atom. The van der Waals surface area contributed by atoms with Crippen LogP contribution >= 0.6 is 38.9 Å². The SMILES string of the molecule is O=C(NC1(c2cccc(Br)c2)CCOCC1)C1CC(c2ccc(Cl)s2)=NO1. The lowest BCUT2D eigenvalue weighted by molar-refractivity contribution is -0.134. The number of carbonyl (C=O) groups excluding carboxylic acids is 1. The number of ether oxygens (including phenoxy) is 1. The van der Waals surface area contributed by atoms with Crippen molar-refractivity contribution < 1.29 is 14.4 Å². The molecule has 8 heteroatoms. The van der Waals surface area contributed by atoms with E-state index in [0.717, 1.165) is 33.5 Å². The second-order valence-electron chi connectivity index (χ2n) is 6.63. The third-order valence-electron chi connectivity index (χ3n) is 4.90. The summed E-state index contributed by atoms with van der Waals surface area (Å²) in [4.78, 5) is 19.3. The van der Waals surface area contributed by atoms with E-state index in [0.29, 0.717) is 24.0 Å². The molecule has 4 rings (SSSR count). The third kappa shape index (κ3) is 4.06. The lowest BCUT2D eigenvalue weighted by atomic mass is 9.82. The fraction of sp³-hybridized carbons (Fsp3) is 0.368. The Labute approximate surface area is 174 Å². The molecule has 1 fully saturated rings. The van der Waals surface area contributed by atoms with Crippen molar-refractivity contribution in [2.24, 2.45) is 5.16 Å². The summed E-state index contributed by atoms with van der Waals surface area (Å²) in [6.45, 7) is 1.21. The van der Waals surface area contributed by atoms with Gasteiger partial charge in [0.2, 0.25) is 6.10 Å². The Kier molecular flexibility index (Phi) is 5.55. The topological polar surface area (TPSA) is 59.9 Å². The van der Waals surface area contributed by atoms with Gasteiger partial charge < -0.3 is 14.9 Å². The van der Waals surface area contributed by atoms with Gasteiger partial charge in [-0.15, -0.1) is 11.3 Å². The first kappa shape index (κ1) is 18.9. The summed E-state index contributed by atoms with van der Waals surface area (Å²) in [7, 11) is 0. The minimum absolute atomic E-state index is 0.154. The number of rotatable bonds is 4. The number of amides is 1. The van der Waals surface area contributed by atoms with Crippen molar-refractivity contribution in [1.82, 2.24) is 5.32 Å². The van der Waals surface area contributed by atoms with Crippen LogP contribution in [0.3, 0.4) is 0 Å². The van der Waals surface area contributed by atoms with Crippen LogP contribution < -0.4 is 5.32 Å². The summed E-state index contributed by atoms with van der Waals surface area (Å²) >= 11 is 11.0. The highest BCUT2D eigenvalue weighted by molar-refractivity contribution is 9.10. The van der Waals surface area contributed by atoms with Gasteiger partial charge in [-0.25, -0.2) is 0 Å². The summed E-state index contributed by atoms with van der Waals surface area (Å²) < 4.78 is 7.21. The van der Waals surface area contributed by atoms with Gasteiger partial charge >= 0.3 is 0 Å². The Morgan fingerprint density at radius 1 is 1.30 bits per heavy atom.